The first-order valence-corrected chi connectivity index (χ1v) is 5.77. The molecule has 1 aromatic heterocycles. The van der Waals surface area contributed by atoms with Crippen molar-refractivity contribution in [3.8, 4) is 12.3 Å². The minimum atomic E-state index is -0.673. The molecule has 0 N–H and O–H groups in total. The average Bonchev–Trinajstić information content (AvgIpc) is 2.73. The van der Waals surface area contributed by atoms with Gasteiger partial charge in [0.2, 0.25) is 0 Å². The van der Waals surface area contributed by atoms with Gasteiger partial charge in [-0.2, -0.15) is 0 Å². The second-order valence-corrected chi connectivity index (χ2v) is 3.78. The highest BCUT2D eigenvalue weighted by atomic mass is 32.1. The quantitative estimate of drug-likeness (QED) is 0.600. The first-order valence-electron chi connectivity index (χ1n) is 4.95. The molecule has 6 heteroatoms. The number of rotatable bonds is 4. The Labute approximate surface area is 103 Å². The van der Waals surface area contributed by atoms with E-state index in [9.17, 15) is 9.59 Å². The average molecular weight is 253 g/mol. The van der Waals surface area contributed by atoms with Crippen molar-refractivity contribution >= 4 is 23.3 Å². The molecule has 0 atom stereocenters. The number of aromatic nitrogens is 1. The van der Waals surface area contributed by atoms with Crippen molar-refractivity contribution in [2.45, 2.75) is 13.8 Å². The lowest BCUT2D eigenvalue weighted by molar-refractivity contribution is 0.0479. The summed E-state index contributed by atoms with van der Waals surface area (Å²) >= 11 is 0.939. The number of hydrogen-bond donors (Lipinski definition) is 0. The van der Waals surface area contributed by atoms with Crippen molar-refractivity contribution in [1.29, 1.82) is 0 Å². The van der Waals surface area contributed by atoms with E-state index < -0.39 is 11.9 Å². The summed E-state index contributed by atoms with van der Waals surface area (Å²) in [4.78, 5) is 27.1. The molecule has 0 saturated heterocycles. The summed E-state index contributed by atoms with van der Waals surface area (Å²) in [6, 6.07) is 0. The summed E-state index contributed by atoms with van der Waals surface area (Å²) < 4.78 is 9.59. The first-order chi connectivity index (χ1) is 8.13. The predicted molar refractivity (Wildman–Crippen MR) is 62.0 cm³/mol. The summed E-state index contributed by atoms with van der Waals surface area (Å²) in [5.41, 5.74) is -0.0803. The molecule has 0 aliphatic rings. The summed E-state index contributed by atoms with van der Waals surface area (Å²) in [5.74, 6) is 0.985. The van der Waals surface area contributed by atoms with Crippen LogP contribution in [0.2, 0.25) is 0 Å². The standard InChI is InChI=1S/C11H11NO4S/c1-4-7-12-8(10(13)15-5-2)9(17-7)11(14)16-6-3/h1H,5-6H2,2-3H3. The van der Waals surface area contributed by atoms with Crippen LogP contribution in [0.25, 0.3) is 0 Å². The minimum Gasteiger partial charge on any atom is -0.462 e. The maximum absolute atomic E-state index is 11.6. The fraction of sp³-hybridized carbons (Fsp3) is 0.364. The summed E-state index contributed by atoms with van der Waals surface area (Å²) in [6.07, 6.45) is 5.17. The fourth-order valence-corrected chi connectivity index (χ4v) is 1.81. The third-order valence-corrected chi connectivity index (χ3v) is 2.65. The normalized spacial score (nSPS) is 9.47. The second-order valence-electron chi connectivity index (χ2n) is 2.78. The van der Waals surface area contributed by atoms with Gasteiger partial charge in [-0.1, -0.05) is 11.3 Å². The fourth-order valence-electron chi connectivity index (χ4n) is 1.05. The van der Waals surface area contributed by atoms with E-state index in [-0.39, 0.29) is 28.8 Å². The Bertz CT molecular complexity index is 437. The van der Waals surface area contributed by atoms with Crippen LogP contribution in [0.5, 0.6) is 0 Å². The highest BCUT2D eigenvalue weighted by Crippen LogP contribution is 2.20. The zero-order chi connectivity index (χ0) is 12.8. The molecule has 0 spiro atoms. The Hall–Kier alpha value is -1.87. The van der Waals surface area contributed by atoms with E-state index in [1.54, 1.807) is 13.8 Å². The molecule has 1 rings (SSSR count). The molecular formula is C11H11NO4S. The summed E-state index contributed by atoms with van der Waals surface area (Å²) in [5, 5.41) is 0.246. The molecule has 1 heterocycles. The highest BCUT2D eigenvalue weighted by Gasteiger charge is 2.24. The Kier molecular flexibility index (Phi) is 4.67. The van der Waals surface area contributed by atoms with Crippen LogP contribution in [0.3, 0.4) is 0 Å². The van der Waals surface area contributed by atoms with E-state index in [0.29, 0.717) is 0 Å². The van der Waals surface area contributed by atoms with Gasteiger partial charge in [0.15, 0.2) is 10.7 Å². The van der Waals surface area contributed by atoms with Crippen molar-refractivity contribution in [2.24, 2.45) is 0 Å². The molecule has 5 nitrogen and oxygen atoms in total. The second kappa shape index (κ2) is 6.01. The zero-order valence-electron chi connectivity index (χ0n) is 9.48. The molecule has 90 valence electrons. The van der Waals surface area contributed by atoms with E-state index in [1.807, 2.05) is 0 Å². The monoisotopic (exact) mass is 253 g/mol. The number of thiazole rings is 1. The van der Waals surface area contributed by atoms with E-state index in [1.165, 1.54) is 0 Å². The van der Waals surface area contributed by atoms with Gasteiger partial charge in [0.25, 0.3) is 0 Å². The molecule has 0 aromatic carbocycles. The number of terminal acetylenes is 1. The van der Waals surface area contributed by atoms with Crippen molar-refractivity contribution < 1.29 is 19.1 Å². The summed E-state index contributed by atoms with van der Waals surface area (Å²) in [7, 11) is 0. The van der Waals surface area contributed by atoms with Gasteiger partial charge in [0, 0.05) is 0 Å². The van der Waals surface area contributed by atoms with Gasteiger partial charge >= 0.3 is 11.9 Å². The maximum Gasteiger partial charge on any atom is 0.358 e. The van der Waals surface area contributed by atoms with Gasteiger partial charge in [-0.15, -0.1) is 6.42 Å². The number of hydrogen-bond acceptors (Lipinski definition) is 6. The predicted octanol–water partition coefficient (Wildman–Crippen LogP) is 1.48. The zero-order valence-corrected chi connectivity index (χ0v) is 10.3. The van der Waals surface area contributed by atoms with Gasteiger partial charge in [-0.05, 0) is 19.8 Å². The Morgan fingerprint density at radius 2 is 1.88 bits per heavy atom. The number of nitrogens with zero attached hydrogens (tertiary/aromatic N) is 1. The van der Waals surface area contributed by atoms with Crippen molar-refractivity contribution in [3.63, 3.8) is 0 Å². The van der Waals surface area contributed by atoms with Crippen molar-refractivity contribution in [3.05, 3.63) is 15.6 Å². The number of carbonyl (C=O) groups is 2. The molecule has 0 aliphatic heterocycles. The van der Waals surface area contributed by atoms with Crippen LogP contribution >= 0.6 is 11.3 Å². The van der Waals surface area contributed by atoms with Gasteiger partial charge in [-0.3, -0.25) is 0 Å². The highest BCUT2D eigenvalue weighted by molar-refractivity contribution is 7.14. The lowest BCUT2D eigenvalue weighted by Gasteiger charge is -2.01. The van der Waals surface area contributed by atoms with E-state index in [2.05, 4.69) is 10.9 Å². The molecule has 0 radical (unpaired) electrons. The van der Waals surface area contributed by atoms with Gasteiger partial charge in [0.1, 0.15) is 4.88 Å². The minimum absolute atomic E-state index is 0.0803. The van der Waals surface area contributed by atoms with Crippen molar-refractivity contribution in [2.75, 3.05) is 13.2 Å². The van der Waals surface area contributed by atoms with Gasteiger partial charge in [-0.25, -0.2) is 14.6 Å². The Morgan fingerprint density at radius 3 is 2.41 bits per heavy atom. The van der Waals surface area contributed by atoms with Gasteiger partial charge < -0.3 is 9.47 Å². The third kappa shape index (κ3) is 3.04. The molecule has 0 bridgehead atoms. The van der Waals surface area contributed by atoms with Crippen LogP contribution in [0.1, 0.15) is 39.0 Å². The van der Waals surface area contributed by atoms with E-state index in [4.69, 9.17) is 15.9 Å². The topological polar surface area (TPSA) is 65.5 Å². The molecular weight excluding hydrogens is 242 g/mol. The van der Waals surface area contributed by atoms with Crippen molar-refractivity contribution in [1.82, 2.24) is 4.98 Å². The number of carbonyl (C=O) groups excluding carboxylic acids is 2. The molecule has 0 saturated carbocycles. The molecule has 0 amide bonds. The first kappa shape index (κ1) is 13.2. The Balaban J connectivity index is 3.10. The van der Waals surface area contributed by atoms with E-state index >= 15 is 0 Å². The molecule has 0 fully saturated rings. The van der Waals surface area contributed by atoms with Gasteiger partial charge in [0.05, 0.1) is 13.2 Å². The molecule has 0 aliphatic carbocycles. The van der Waals surface area contributed by atoms with Crippen LogP contribution < -0.4 is 0 Å². The van der Waals surface area contributed by atoms with Crippen LogP contribution in [-0.2, 0) is 9.47 Å². The summed E-state index contributed by atoms with van der Waals surface area (Å²) in [6.45, 7) is 3.75. The largest absolute Gasteiger partial charge is 0.462 e. The Morgan fingerprint density at radius 1 is 1.29 bits per heavy atom. The number of esters is 2. The maximum atomic E-state index is 11.6. The molecule has 1 aromatic rings. The van der Waals surface area contributed by atoms with Crippen LogP contribution in [0.15, 0.2) is 0 Å². The van der Waals surface area contributed by atoms with Crippen LogP contribution in [-0.4, -0.2) is 30.1 Å². The third-order valence-electron chi connectivity index (χ3n) is 1.68. The van der Waals surface area contributed by atoms with Crippen LogP contribution in [0.4, 0.5) is 0 Å². The number of ether oxygens (including phenoxy) is 2. The lowest BCUT2D eigenvalue weighted by atomic mass is 10.3. The van der Waals surface area contributed by atoms with Crippen LogP contribution in [0, 0.1) is 12.3 Å². The lowest BCUT2D eigenvalue weighted by Crippen LogP contribution is -2.12. The molecule has 17 heavy (non-hydrogen) atoms. The SMILES string of the molecule is C#Cc1nc(C(=O)OCC)c(C(=O)OCC)s1. The van der Waals surface area contributed by atoms with E-state index in [0.717, 1.165) is 11.3 Å². The smallest absolute Gasteiger partial charge is 0.358 e. The molecule has 0 unspecified atom stereocenters.